The van der Waals surface area contributed by atoms with Crippen molar-refractivity contribution in [1.82, 2.24) is 19.6 Å². The third-order valence-electron chi connectivity index (χ3n) is 3.50. The second kappa shape index (κ2) is 3.46. The van der Waals surface area contributed by atoms with E-state index in [-0.39, 0.29) is 23.1 Å². The average molecular weight is 268 g/mol. The molecular weight excluding hydrogens is 258 g/mol. The molecule has 2 atom stereocenters. The normalized spacial score (nSPS) is 26.4. The molecule has 0 saturated carbocycles. The first-order valence-corrected chi connectivity index (χ1v) is 6.12. The van der Waals surface area contributed by atoms with E-state index in [0.29, 0.717) is 24.3 Å². The number of nitrogens with one attached hydrogen (secondary N) is 1. The van der Waals surface area contributed by atoms with E-state index in [0.717, 1.165) is 6.42 Å². The van der Waals surface area contributed by atoms with Crippen molar-refractivity contribution in [2.45, 2.75) is 18.6 Å². The molecule has 18 heavy (non-hydrogen) atoms. The third-order valence-corrected chi connectivity index (χ3v) is 3.68. The maximum Gasteiger partial charge on any atom is 0.346 e. The first-order valence-electron chi connectivity index (χ1n) is 5.74. The third kappa shape index (κ3) is 1.31. The molecule has 2 aromatic heterocycles. The summed E-state index contributed by atoms with van der Waals surface area (Å²) in [6.07, 6.45) is 2.69. The van der Waals surface area contributed by atoms with Gasteiger partial charge in [-0.1, -0.05) is 0 Å². The Kier molecular flexibility index (Phi) is 1.98. The molecule has 7 nitrogen and oxygen atoms in total. The zero-order valence-electron chi connectivity index (χ0n) is 9.34. The zero-order valence-corrected chi connectivity index (χ0v) is 10.1. The zero-order chi connectivity index (χ0) is 12.3. The number of fused-ring (bicyclic) bond motifs is 3. The highest BCUT2D eigenvalue weighted by molar-refractivity contribution is 6.28. The van der Waals surface area contributed by atoms with Crippen LogP contribution in [0.2, 0.25) is 5.28 Å². The highest BCUT2D eigenvalue weighted by Gasteiger charge is 2.40. The first-order chi connectivity index (χ1) is 8.72. The molecule has 0 aromatic carbocycles. The quantitative estimate of drug-likeness (QED) is 0.729. The van der Waals surface area contributed by atoms with Crippen LogP contribution in [-0.4, -0.2) is 44.9 Å². The van der Waals surface area contributed by atoms with Gasteiger partial charge in [0, 0.05) is 0 Å². The predicted molar refractivity (Wildman–Crippen MR) is 64.4 cm³/mol. The molecule has 94 valence electrons. The Morgan fingerprint density at radius 2 is 2.44 bits per heavy atom. The van der Waals surface area contributed by atoms with Crippen molar-refractivity contribution >= 4 is 22.8 Å². The summed E-state index contributed by atoms with van der Waals surface area (Å²) in [5.41, 5.74) is 0.898. The molecule has 0 aliphatic carbocycles. The minimum Gasteiger partial charge on any atom is -0.374 e. The number of aromatic nitrogens is 4. The Labute approximate surface area is 106 Å². The van der Waals surface area contributed by atoms with Gasteiger partial charge in [0.1, 0.15) is 5.52 Å². The van der Waals surface area contributed by atoms with Gasteiger partial charge in [0.05, 0.1) is 31.5 Å². The summed E-state index contributed by atoms with van der Waals surface area (Å²) >= 11 is 5.79. The summed E-state index contributed by atoms with van der Waals surface area (Å²) < 4.78 is 7.08. The van der Waals surface area contributed by atoms with Crippen molar-refractivity contribution in [3.8, 4) is 0 Å². The van der Waals surface area contributed by atoms with Gasteiger partial charge in [-0.3, -0.25) is 5.01 Å². The fourth-order valence-corrected chi connectivity index (χ4v) is 2.86. The van der Waals surface area contributed by atoms with E-state index in [2.05, 4.69) is 15.0 Å². The Hall–Kier alpha value is -1.60. The van der Waals surface area contributed by atoms with Crippen LogP contribution in [0.15, 0.2) is 11.0 Å². The average Bonchev–Trinajstić information content (AvgIpc) is 3.01. The molecule has 2 unspecified atom stereocenters. The summed E-state index contributed by atoms with van der Waals surface area (Å²) in [7, 11) is 0. The molecule has 2 aromatic rings. The van der Waals surface area contributed by atoms with Gasteiger partial charge in [-0.15, -0.1) is 0 Å². The number of nitrogens with zero attached hydrogens (tertiary/aromatic N) is 4. The summed E-state index contributed by atoms with van der Waals surface area (Å²) in [5, 5.41) is 2.13. The lowest BCUT2D eigenvalue weighted by atomic mass is 10.3. The molecule has 2 aliphatic rings. The number of H-pyrrole nitrogens is 1. The van der Waals surface area contributed by atoms with Crippen LogP contribution in [0.4, 0.5) is 0 Å². The molecule has 8 heteroatoms. The fourth-order valence-electron chi connectivity index (χ4n) is 2.73. The monoisotopic (exact) mass is 267 g/mol. The lowest BCUT2D eigenvalue weighted by Crippen LogP contribution is -2.49. The maximum absolute atomic E-state index is 12.0. The van der Waals surface area contributed by atoms with Gasteiger partial charge < -0.3 is 9.72 Å². The van der Waals surface area contributed by atoms with Gasteiger partial charge in [0.25, 0.3) is 0 Å². The number of hydrogen-bond donors (Lipinski definition) is 1. The Morgan fingerprint density at radius 1 is 1.56 bits per heavy atom. The van der Waals surface area contributed by atoms with Crippen LogP contribution in [0, 0.1) is 0 Å². The summed E-state index contributed by atoms with van der Waals surface area (Å²) in [5.74, 6) is 0. The van der Waals surface area contributed by atoms with Crippen molar-refractivity contribution in [3.63, 3.8) is 0 Å². The Bertz CT molecular complexity index is 680. The highest BCUT2D eigenvalue weighted by Crippen LogP contribution is 2.27. The summed E-state index contributed by atoms with van der Waals surface area (Å²) in [6.45, 7) is 1.36. The number of halogens is 1. The number of imidazole rings is 1. The van der Waals surface area contributed by atoms with Gasteiger partial charge in [-0.05, 0) is 18.0 Å². The molecule has 0 radical (unpaired) electrons. The molecular formula is C10H10ClN5O2. The second-order valence-electron chi connectivity index (χ2n) is 4.59. The van der Waals surface area contributed by atoms with Crippen LogP contribution in [-0.2, 0) is 4.74 Å². The standard InChI is InChI=1S/C10H10ClN5O2/c11-9-12-2-7-8(14-9)16(10(17)13-7)15-3-6-1-5(15)4-18-6/h2,5-6H,1,3-4H2,(H,13,17). The van der Waals surface area contributed by atoms with Crippen molar-refractivity contribution in [2.75, 3.05) is 18.2 Å². The van der Waals surface area contributed by atoms with Crippen molar-refractivity contribution < 1.29 is 4.74 Å². The number of morpholine rings is 1. The van der Waals surface area contributed by atoms with Crippen LogP contribution in [0.5, 0.6) is 0 Å². The van der Waals surface area contributed by atoms with E-state index in [1.54, 1.807) is 4.68 Å². The van der Waals surface area contributed by atoms with Crippen molar-refractivity contribution in [2.24, 2.45) is 0 Å². The van der Waals surface area contributed by atoms with Gasteiger partial charge in [-0.25, -0.2) is 9.78 Å². The smallest absolute Gasteiger partial charge is 0.346 e. The van der Waals surface area contributed by atoms with Crippen LogP contribution in [0.3, 0.4) is 0 Å². The van der Waals surface area contributed by atoms with Gasteiger partial charge >= 0.3 is 5.69 Å². The van der Waals surface area contributed by atoms with E-state index >= 15 is 0 Å². The van der Waals surface area contributed by atoms with Gasteiger partial charge in [0.2, 0.25) is 5.28 Å². The van der Waals surface area contributed by atoms with Crippen molar-refractivity contribution in [3.05, 3.63) is 22.0 Å². The number of hydrogen-bond acceptors (Lipinski definition) is 5. The fraction of sp³-hybridized carbons (Fsp3) is 0.500. The lowest BCUT2D eigenvalue weighted by molar-refractivity contribution is 0.0910. The van der Waals surface area contributed by atoms with E-state index < -0.39 is 0 Å². The van der Waals surface area contributed by atoms with E-state index in [4.69, 9.17) is 16.3 Å². The van der Waals surface area contributed by atoms with Crippen LogP contribution >= 0.6 is 11.6 Å². The van der Waals surface area contributed by atoms with Gasteiger partial charge in [-0.2, -0.15) is 9.66 Å². The maximum atomic E-state index is 12.0. The van der Waals surface area contributed by atoms with Gasteiger partial charge in [0.15, 0.2) is 5.65 Å². The van der Waals surface area contributed by atoms with Crippen LogP contribution < -0.4 is 10.7 Å². The van der Waals surface area contributed by atoms with E-state index in [9.17, 15) is 4.79 Å². The molecule has 2 aliphatic heterocycles. The molecule has 2 fully saturated rings. The van der Waals surface area contributed by atoms with Crippen LogP contribution in [0.25, 0.3) is 11.2 Å². The van der Waals surface area contributed by atoms with Crippen molar-refractivity contribution in [1.29, 1.82) is 0 Å². The summed E-state index contributed by atoms with van der Waals surface area (Å²) in [4.78, 5) is 22.8. The number of aromatic amines is 1. The van der Waals surface area contributed by atoms with Crippen LogP contribution in [0.1, 0.15) is 6.42 Å². The number of ether oxygens (including phenoxy) is 1. The summed E-state index contributed by atoms with van der Waals surface area (Å²) in [6, 6.07) is 0.237. The minimum atomic E-state index is -0.214. The molecule has 2 bridgehead atoms. The number of rotatable bonds is 1. The Morgan fingerprint density at radius 3 is 3.17 bits per heavy atom. The van der Waals surface area contributed by atoms with E-state index in [1.807, 2.05) is 5.01 Å². The molecule has 4 heterocycles. The highest BCUT2D eigenvalue weighted by atomic mass is 35.5. The second-order valence-corrected chi connectivity index (χ2v) is 4.92. The first kappa shape index (κ1) is 10.3. The topological polar surface area (TPSA) is 76.0 Å². The molecule has 1 N–H and O–H groups in total. The lowest BCUT2D eigenvalue weighted by Gasteiger charge is -2.28. The predicted octanol–water partition coefficient (Wildman–Crippen LogP) is -0.118. The SMILES string of the molecule is O=c1[nH]c2cnc(Cl)nc2n1N1CC2CC1CO2. The largest absolute Gasteiger partial charge is 0.374 e. The molecule has 4 rings (SSSR count). The van der Waals surface area contributed by atoms with E-state index in [1.165, 1.54) is 6.20 Å². The molecule has 0 spiro atoms. The minimum absolute atomic E-state index is 0.135. The molecule has 0 amide bonds. The Balaban J connectivity index is 1.91. The molecule has 2 saturated heterocycles.